The molecule has 3 nitrogen and oxygen atoms in total. The fourth-order valence-electron chi connectivity index (χ4n) is 2.37. The molecule has 3 aromatic rings. The Labute approximate surface area is 120 Å². The quantitative estimate of drug-likeness (QED) is 0.776. The van der Waals surface area contributed by atoms with E-state index in [-0.39, 0.29) is 5.02 Å². The van der Waals surface area contributed by atoms with E-state index in [0.29, 0.717) is 17.0 Å². The number of nitrogen functional groups attached to an aromatic ring is 1. The van der Waals surface area contributed by atoms with Crippen molar-refractivity contribution in [3.8, 4) is 5.69 Å². The van der Waals surface area contributed by atoms with E-state index < -0.39 is 5.82 Å². The van der Waals surface area contributed by atoms with Gasteiger partial charge in [0.15, 0.2) is 0 Å². The summed E-state index contributed by atoms with van der Waals surface area (Å²) in [6.07, 6.45) is 0.865. The lowest BCUT2D eigenvalue weighted by Gasteiger charge is -2.11. The molecule has 0 bridgehead atoms. The van der Waals surface area contributed by atoms with Gasteiger partial charge in [-0.1, -0.05) is 36.7 Å². The number of aromatic nitrogens is 2. The van der Waals surface area contributed by atoms with Gasteiger partial charge < -0.3 is 5.73 Å². The van der Waals surface area contributed by atoms with Crippen molar-refractivity contribution in [2.24, 2.45) is 0 Å². The van der Waals surface area contributed by atoms with Crippen LogP contribution >= 0.6 is 11.6 Å². The van der Waals surface area contributed by atoms with Crippen molar-refractivity contribution in [1.29, 1.82) is 0 Å². The van der Waals surface area contributed by atoms with Crippen molar-refractivity contribution >= 4 is 28.6 Å². The Morgan fingerprint density at radius 1 is 1.30 bits per heavy atom. The lowest BCUT2D eigenvalue weighted by Crippen LogP contribution is -2.03. The minimum Gasteiger partial charge on any atom is -0.369 e. The Hall–Kier alpha value is -2.07. The first-order valence-corrected chi connectivity index (χ1v) is 6.71. The van der Waals surface area contributed by atoms with Gasteiger partial charge in [0.05, 0.1) is 21.7 Å². The van der Waals surface area contributed by atoms with Gasteiger partial charge in [0.1, 0.15) is 5.82 Å². The van der Waals surface area contributed by atoms with Crippen LogP contribution in [-0.2, 0) is 6.42 Å². The first-order chi connectivity index (χ1) is 9.61. The van der Waals surface area contributed by atoms with Crippen LogP contribution in [0, 0.1) is 5.82 Å². The Morgan fingerprint density at radius 3 is 2.80 bits per heavy atom. The highest BCUT2D eigenvalue weighted by molar-refractivity contribution is 6.31. The predicted molar refractivity (Wildman–Crippen MR) is 79.8 cm³/mol. The molecule has 0 aliphatic carbocycles. The lowest BCUT2D eigenvalue weighted by molar-refractivity contribution is 0.630. The van der Waals surface area contributed by atoms with E-state index in [0.717, 1.165) is 17.7 Å². The molecule has 20 heavy (non-hydrogen) atoms. The number of hydrogen-bond donors (Lipinski definition) is 1. The standard InChI is InChI=1S/C15H13ClFN3/c1-2-9-5-3-4-6-13(9)20-14-7-10(16)11(17)8-12(14)19-15(20)18/h3-8H,2H2,1H3,(H2,18,19). The van der Waals surface area contributed by atoms with E-state index >= 15 is 0 Å². The zero-order valence-corrected chi connectivity index (χ0v) is 11.7. The third-order valence-corrected chi connectivity index (χ3v) is 3.63. The number of aryl methyl sites for hydroxylation is 1. The molecular weight excluding hydrogens is 277 g/mol. The first kappa shape index (κ1) is 12.9. The summed E-state index contributed by atoms with van der Waals surface area (Å²) in [4.78, 5) is 4.21. The zero-order valence-electron chi connectivity index (χ0n) is 10.9. The highest BCUT2D eigenvalue weighted by atomic mass is 35.5. The second-order valence-corrected chi connectivity index (χ2v) is 4.95. The molecule has 0 saturated heterocycles. The van der Waals surface area contributed by atoms with Gasteiger partial charge >= 0.3 is 0 Å². The maximum atomic E-state index is 13.5. The largest absolute Gasteiger partial charge is 0.369 e. The van der Waals surface area contributed by atoms with Gasteiger partial charge in [-0.05, 0) is 24.1 Å². The third kappa shape index (κ3) is 1.93. The molecule has 0 aliphatic heterocycles. The number of nitrogens with zero attached hydrogens (tertiary/aromatic N) is 2. The fourth-order valence-corrected chi connectivity index (χ4v) is 2.53. The minimum atomic E-state index is -0.493. The summed E-state index contributed by atoms with van der Waals surface area (Å²) in [5, 5.41) is 0.0626. The number of hydrogen-bond acceptors (Lipinski definition) is 2. The fraction of sp³-hybridized carbons (Fsp3) is 0.133. The minimum absolute atomic E-state index is 0.0626. The van der Waals surface area contributed by atoms with Crippen LogP contribution in [0.25, 0.3) is 16.7 Å². The molecule has 102 valence electrons. The van der Waals surface area contributed by atoms with E-state index in [1.54, 1.807) is 10.6 Å². The first-order valence-electron chi connectivity index (χ1n) is 6.33. The van der Waals surface area contributed by atoms with Crippen LogP contribution in [0.2, 0.25) is 5.02 Å². The molecule has 0 fully saturated rings. The number of nitrogens with two attached hydrogens (primary N) is 1. The van der Waals surface area contributed by atoms with Crippen molar-refractivity contribution in [2.45, 2.75) is 13.3 Å². The topological polar surface area (TPSA) is 43.8 Å². The normalized spacial score (nSPS) is 11.2. The maximum Gasteiger partial charge on any atom is 0.205 e. The lowest BCUT2D eigenvalue weighted by atomic mass is 10.1. The van der Waals surface area contributed by atoms with Gasteiger partial charge in [-0.15, -0.1) is 0 Å². The molecule has 0 amide bonds. The number of rotatable bonds is 2. The summed E-state index contributed by atoms with van der Waals surface area (Å²) < 4.78 is 15.3. The molecule has 2 aromatic carbocycles. The molecule has 2 N–H and O–H groups in total. The van der Waals surface area contributed by atoms with Crippen LogP contribution in [0.5, 0.6) is 0 Å². The molecule has 0 saturated carbocycles. The Bertz CT molecular complexity index is 795. The second-order valence-electron chi connectivity index (χ2n) is 4.54. The van der Waals surface area contributed by atoms with E-state index in [1.165, 1.54) is 6.07 Å². The number of halogens is 2. The zero-order chi connectivity index (χ0) is 14.3. The van der Waals surface area contributed by atoms with Gasteiger partial charge in [0, 0.05) is 6.07 Å². The number of fused-ring (bicyclic) bond motifs is 1. The Balaban J connectivity index is 2.36. The van der Waals surface area contributed by atoms with E-state index in [1.807, 2.05) is 24.3 Å². The predicted octanol–water partition coefficient (Wildman–Crippen LogP) is 3.96. The van der Waals surface area contributed by atoms with Gasteiger partial charge in [-0.3, -0.25) is 4.57 Å². The van der Waals surface area contributed by atoms with Gasteiger partial charge in [-0.2, -0.15) is 0 Å². The molecule has 0 aliphatic rings. The maximum absolute atomic E-state index is 13.5. The molecule has 1 heterocycles. The molecule has 0 radical (unpaired) electrons. The highest BCUT2D eigenvalue weighted by Crippen LogP contribution is 2.29. The highest BCUT2D eigenvalue weighted by Gasteiger charge is 2.14. The monoisotopic (exact) mass is 289 g/mol. The average molecular weight is 290 g/mol. The van der Waals surface area contributed by atoms with Crippen LogP contribution in [0.15, 0.2) is 36.4 Å². The summed E-state index contributed by atoms with van der Waals surface area (Å²) in [5.74, 6) is -0.171. The second kappa shape index (κ2) is 4.80. The number of imidazole rings is 1. The summed E-state index contributed by atoms with van der Waals surface area (Å²) in [7, 11) is 0. The van der Waals surface area contributed by atoms with Crippen LogP contribution in [0.3, 0.4) is 0 Å². The Morgan fingerprint density at radius 2 is 2.05 bits per heavy atom. The summed E-state index contributed by atoms with van der Waals surface area (Å²) >= 11 is 5.87. The van der Waals surface area contributed by atoms with Crippen LogP contribution in [-0.4, -0.2) is 9.55 Å². The average Bonchev–Trinajstić information content (AvgIpc) is 2.74. The van der Waals surface area contributed by atoms with Gasteiger partial charge in [0.2, 0.25) is 5.95 Å². The van der Waals surface area contributed by atoms with Crippen LogP contribution in [0.1, 0.15) is 12.5 Å². The molecular formula is C15H13ClFN3. The number of para-hydroxylation sites is 1. The van der Waals surface area contributed by atoms with Crippen molar-refractivity contribution < 1.29 is 4.39 Å². The van der Waals surface area contributed by atoms with E-state index in [4.69, 9.17) is 17.3 Å². The van der Waals surface area contributed by atoms with Gasteiger partial charge in [-0.25, -0.2) is 9.37 Å². The van der Waals surface area contributed by atoms with Crippen molar-refractivity contribution in [1.82, 2.24) is 9.55 Å². The summed E-state index contributed by atoms with van der Waals surface area (Å²) in [6, 6.07) is 10.8. The summed E-state index contributed by atoms with van der Waals surface area (Å²) in [6.45, 7) is 2.07. The number of benzene rings is 2. The van der Waals surface area contributed by atoms with Gasteiger partial charge in [0.25, 0.3) is 0 Å². The number of anilines is 1. The van der Waals surface area contributed by atoms with E-state index in [2.05, 4.69) is 11.9 Å². The third-order valence-electron chi connectivity index (χ3n) is 3.34. The molecule has 3 rings (SSSR count). The van der Waals surface area contributed by atoms with Crippen molar-refractivity contribution in [2.75, 3.05) is 5.73 Å². The molecule has 5 heteroatoms. The smallest absolute Gasteiger partial charge is 0.205 e. The SMILES string of the molecule is CCc1ccccc1-n1c(N)nc2cc(F)c(Cl)cc21. The molecule has 0 spiro atoms. The summed E-state index contributed by atoms with van der Waals surface area (Å²) in [5.41, 5.74) is 9.27. The van der Waals surface area contributed by atoms with Crippen LogP contribution in [0.4, 0.5) is 10.3 Å². The van der Waals surface area contributed by atoms with E-state index in [9.17, 15) is 4.39 Å². The molecule has 1 aromatic heterocycles. The molecule has 0 unspecified atom stereocenters. The molecule has 0 atom stereocenters. The van der Waals surface area contributed by atoms with Crippen LogP contribution < -0.4 is 5.73 Å². The van der Waals surface area contributed by atoms with Crippen molar-refractivity contribution in [3.05, 3.63) is 52.8 Å². The van der Waals surface area contributed by atoms with Crippen molar-refractivity contribution in [3.63, 3.8) is 0 Å². The Kier molecular flexibility index (Phi) is 3.10.